The van der Waals surface area contributed by atoms with Crippen molar-refractivity contribution < 1.29 is 4.39 Å². The molecule has 2 aromatic carbocycles. The van der Waals surface area contributed by atoms with Crippen molar-refractivity contribution in [2.24, 2.45) is 7.05 Å². The maximum Gasteiger partial charge on any atom is 0.178 e. The van der Waals surface area contributed by atoms with E-state index in [0.29, 0.717) is 23.7 Å². The Balaban J connectivity index is 1.41. The summed E-state index contributed by atoms with van der Waals surface area (Å²) >= 11 is 0. The number of halogens is 1. The van der Waals surface area contributed by atoms with Crippen LogP contribution in [-0.2, 0) is 7.05 Å². The minimum atomic E-state index is -0.309. The van der Waals surface area contributed by atoms with Crippen LogP contribution in [0.5, 0.6) is 0 Å². The Morgan fingerprint density at radius 3 is 2.71 bits per heavy atom. The maximum absolute atomic E-state index is 14.6. The summed E-state index contributed by atoms with van der Waals surface area (Å²) < 4.78 is 16.7. The summed E-state index contributed by atoms with van der Waals surface area (Å²) in [4.78, 5) is 19.1. The first-order valence-electron chi connectivity index (χ1n) is 12.4. The van der Waals surface area contributed by atoms with E-state index in [0.717, 1.165) is 56.9 Å². The third kappa shape index (κ3) is 4.28. The molecule has 0 spiro atoms. The monoisotopic (exact) mass is 509 g/mol. The zero-order valence-electron chi connectivity index (χ0n) is 21.7. The molecule has 0 aliphatic heterocycles. The lowest BCUT2D eigenvalue weighted by Crippen LogP contribution is -2.20. The fraction of sp³-hybridized carbons (Fsp3) is 0.214. The Bertz CT molecular complexity index is 1780. The lowest BCUT2D eigenvalue weighted by Gasteiger charge is -2.13. The molecule has 6 rings (SSSR count). The quantitative estimate of drug-likeness (QED) is 0.280. The number of nitrogens with one attached hydrogen (secondary N) is 3. The number of aromatic nitrogens is 7. The summed E-state index contributed by atoms with van der Waals surface area (Å²) in [5.41, 5.74) is 7.18. The first-order valence-corrected chi connectivity index (χ1v) is 12.4. The molecule has 0 fully saturated rings. The lowest BCUT2D eigenvalue weighted by molar-refractivity contribution is 0.425. The third-order valence-corrected chi connectivity index (χ3v) is 6.79. The van der Waals surface area contributed by atoms with Crippen LogP contribution >= 0.6 is 0 Å². The zero-order valence-corrected chi connectivity index (χ0v) is 21.7. The van der Waals surface area contributed by atoms with E-state index in [1.54, 1.807) is 6.20 Å². The van der Waals surface area contributed by atoms with Gasteiger partial charge in [-0.05, 0) is 63.0 Å². The second-order valence-electron chi connectivity index (χ2n) is 9.68. The molecule has 38 heavy (non-hydrogen) atoms. The van der Waals surface area contributed by atoms with E-state index in [1.165, 1.54) is 12.1 Å². The van der Waals surface area contributed by atoms with Crippen LogP contribution in [0.4, 0.5) is 10.1 Å². The van der Waals surface area contributed by atoms with Gasteiger partial charge in [-0.2, -0.15) is 5.10 Å². The molecule has 10 heteroatoms. The van der Waals surface area contributed by atoms with Crippen molar-refractivity contribution in [3.05, 3.63) is 66.5 Å². The van der Waals surface area contributed by atoms with Crippen LogP contribution in [0, 0.1) is 12.7 Å². The summed E-state index contributed by atoms with van der Waals surface area (Å²) in [5.74, 6) is 1.22. The van der Waals surface area contributed by atoms with Crippen molar-refractivity contribution in [3.8, 4) is 33.9 Å². The van der Waals surface area contributed by atoms with Gasteiger partial charge in [-0.3, -0.25) is 5.10 Å². The zero-order chi connectivity index (χ0) is 26.4. The van der Waals surface area contributed by atoms with Gasteiger partial charge in [0.05, 0.1) is 22.9 Å². The second-order valence-corrected chi connectivity index (χ2v) is 9.68. The number of hydrogen-bond acceptors (Lipinski definition) is 6. The molecule has 4 aromatic heterocycles. The highest BCUT2D eigenvalue weighted by molar-refractivity contribution is 5.97. The van der Waals surface area contributed by atoms with Crippen molar-refractivity contribution in [2.75, 3.05) is 32.5 Å². The van der Waals surface area contributed by atoms with Crippen molar-refractivity contribution in [1.29, 1.82) is 0 Å². The number of likely N-dealkylation sites (N-methyl/N-ethyl adjacent to an activating group) is 1. The molecule has 0 amide bonds. The number of imidazole rings is 2. The molecule has 0 unspecified atom stereocenters. The van der Waals surface area contributed by atoms with Crippen LogP contribution < -0.4 is 5.32 Å². The van der Waals surface area contributed by atoms with E-state index in [4.69, 9.17) is 4.98 Å². The van der Waals surface area contributed by atoms with Gasteiger partial charge in [0.15, 0.2) is 11.5 Å². The highest BCUT2D eigenvalue weighted by Crippen LogP contribution is 2.33. The molecule has 0 atom stereocenters. The van der Waals surface area contributed by atoms with Crippen molar-refractivity contribution in [2.45, 2.75) is 6.92 Å². The number of benzene rings is 2. The molecular formula is C28H28FN9. The van der Waals surface area contributed by atoms with Gasteiger partial charge in [0, 0.05) is 48.5 Å². The molecule has 192 valence electrons. The SMILES string of the molecule is Cc1ncc(-c2ccc3[nH]nc(-c4nc5nccc(-c6cc(F)cc(NCCN(C)C)c6)c5[nH]4)c3c2)n1C. The first-order chi connectivity index (χ1) is 18.4. The van der Waals surface area contributed by atoms with Gasteiger partial charge in [-0.15, -0.1) is 0 Å². The Kier molecular flexibility index (Phi) is 5.88. The van der Waals surface area contributed by atoms with E-state index in [1.807, 2.05) is 58.5 Å². The molecule has 0 saturated carbocycles. The van der Waals surface area contributed by atoms with Gasteiger partial charge in [-0.25, -0.2) is 19.3 Å². The van der Waals surface area contributed by atoms with E-state index < -0.39 is 0 Å². The molecule has 3 N–H and O–H groups in total. The van der Waals surface area contributed by atoms with E-state index in [2.05, 4.69) is 46.0 Å². The smallest absolute Gasteiger partial charge is 0.178 e. The maximum atomic E-state index is 14.6. The normalized spacial score (nSPS) is 11.7. The highest BCUT2D eigenvalue weighted by Gasteiger charge is 2.17. The largest absolute Gasteiger partial charge is 0.384 e. The molecule has 4 heterocycles. The fourth-order valence-corrected chi connectivity index (χ4v) is 4.66. The van der Waals surface area contributed by atoms with Gasteiger partial charge >= 0.3 is 0 Å². The minimum Gasteiger partial charge on any atom is -0.384 e. The van der Waals surface area contributed by atoms with Gasteiger partial charge in [0.1, 0.15) is 17.3 Å². The Labute approximate surface area is 218 Å². The fourth-order valence-electron chi connectivity index (χ4n) is 4.66. The first kappa shape index (κ1) is 23.8. The summed E-state index contributed by atoms with van der Waals surface area (Å²) in [6.07, 6.45) is 3.56. The summed E-state index contributed by atoms with van der Waals surface area (Å²) in [6.45, 7) is 3.53. The average Bonchev–Trinajstić information content (AvgIpc) is 3.59. The van der Waals surface area contributed by atoms with Crippen LogP contribution in [0.25, 0.3) is 56.0 Å². The number of anilines is 1. The van der Waals surface area contributed by atoms with Crippen LogP contribution in [0.15, 0.2) is 54.9 Å². The van der Waals surface area contributed by atoms with Gasteiger partial charge in [0.25, 0.3) is 0 Å². The summed E-state index contributed by atoms with van der Waals surface area (Å²) in [7, 11) is 6.01. The van der Waals surface area contributed by atoms with Crippen LogP contribution in [0.3, 0.4) is 0 Å². The Morgan fingerprint density at radius 1 is 1.05 bits per heavy atom. The predicted molar refractivity (Wildman–Crippen MR) is 148 cm³/mol. The number of aryl methyl sites for hydroxylation is 1. The Morgan fingerprint density at radius 2 is 1.92 bits per heavy atom. The Hall–Kier alpha value is -4.57. The number of aromatic amines is 2. The van der Waals surface area contributed by atoms with Crippen LogP contribution in [0.1, 0.15) is 5.82 Å². The standard InChI is InChI=1S/C28H28FN9/c1-16-32-15-24(38(16)4)17-5-6-23-22(13-17)26(36-35-23)28-33-25-21(7-8-31-27(25)34-28)18-11-19(29)14-20(12-18)30-9-10-37(2)3/h5-8,11-15,30H,9-10H2,1-4H3,(H,35,36)(H,31,33,34). The van der Waals surface area contributed by atoms with Gasteiger partial charge in [0.2, 0.25) is 0 Å². The highest BCUT2D eigenvalue weighted by atomic mass is 19.1. The molecule has 0 radical (unpaired) electrons. The van der Waals surface area contributed by atoms with Crippen molar-refractivity contribution in [3.63, 3.8) is 0 Å². The molecule has 0 aliphatic rings. The summed E-state index contributed by atoms with van der Waals surface area (Å²) in [5, 5.41) is 11.9. The molecular weight excluding hydrogens is 481 g/mol. The lowest BCUT2D eigenvalue weighted by atomic mass is 10.0. The molecule has 0 saturated heterocycles. The van der Waals surface area contributed by atoms with Crippen LogP contribution in [-0.4, -0.2) is 66.8 Å². The summed E-state index contributed by atoms with van der Waals surface area (Å²) in [6, 6.07) is 13.0. The van der Waals surface area contributed by atoms with E-state index >= 15 is 0 Å². The minimum absolute atomic E-state index is 0.309. The number of fused-ring (bicyclic) bond motifs is 2. The van der Waals surface area contributed by atoms with E-state index in [-0.39, 0.29) is 5.82 Å². The molecule has 6 aromatic rings. The van der Waals surface area contributed by atoms with Crippen molar-refractivity contribution >= 4 is 27.8 Å². The van der Waals surface area contributed by atoms with E-state index in [9.17, 15) is 4.39 Å². The number of hydrogen-bond donors (Lipinski definition) is 3. The number of rotatable bonds is 7. The number of pyridine rings is 1. The number of nitrogens with zero attached hydrogens (tertiary/aromatic N) is 6. The topological polar surface area (TPSA) is 103 Å². The van der Waals surface area contributed by atoms with Gasteiger partial charge < -0.3 is 19.8 Å². The van der Waals surface area contributed by atoms with Crippen molar-refractivity contribution in [1.82, 2.24) is 39.6 Å². The third-order valence-electron chi connectivity index (χ3n) is 6.79. The van der Waals surface area contributed by atoms with Crippen LogP contribution in [0.2, 0.25) is 0 Å². The number of H-pyrrole nitrogens is 2. The second kappa shape index (κ2) is 9.38. The predicted octanol–water partition coefficient (Wildman–Crippen LogP) is 4.99. The molecule has 0 aliphatic carbocycles. The molecule has 9 nitrogen and oxygen atoms in total. The average molecular weight is 510 g/mol. The molecule has 0 bridgehead atoms. The van der Waals surface area contributed by atoms with Gasteiger partial charge in [-0.1, -0.05) is 6.07 Å².